The number of aromatic nitrogens is 3. The molecule has 0 radical (unpaired) electrons. The molecule has 0 spiro atoms. The molecule has 0 amide bonds. The minimum Gasteiger partial charge on any atom is -0.310 e. The normalized spacial score (nSPS) is 15.8. The van der Waals surface area contributed by atoms with Crippen molar-refractivity contribution in [2.45, 2.75) is 44.8 Å². The SMILES string of the molecule is O=c1c2c3c(sc2ncn1CCc1ccccn1)C[C@@H](NCc1cc(F)cc(F)c1)CC3. The zero-order valence-electron chi connectivity index (χ0n) is 17.4. The highest BCUT2D eigenvalue weighted by molar-refractivity contribution is 7.18. The molecule has 0 saturated heterocycles. The van der Waals surface area contributed by atoms with Crippen molar-refractivity contribution in [3.63, 3.8) is 0 Å². The van der Waals surface area contributed by atoms with Crippen LogP contribution in [0.5, 0.6) is 0 Å². The topological polar surface area (TPSA) is 59.8 Å². The summed E-state index contributed by atoms with van der Waals surface area (Å²) in [6.45, 7) is 0.940. The van der Waals surface area contributed by atoms with E-state index in [1.807, 2.05) is 18.2 Å². The number of halogens is 2. The van der Waals surface area contributed by atoms with Gasteiger partial charge >= 0.3 is 0 Å². The molecule has 1 aliphatic rings. The highest BCUT2D eigenvalue weighted by Crippen LogP contribution is 2.33. The van der Waals surface area contributed by atoms with Crippen LogP contribution in [0.4, 0.5) is 8.78 Å². The molecule has 0 aliphatic heterocycles. The van der Waals surface area contributed by atoms with E-state index in [2.05, 4.69) is 15.3 Å². The standard InChI is InChI=1S/C24H22F2N4OS/c25-16-9-15(10-17(26)11-16)13-28-19-4-5-20-21(12-19)32-23-22(20)24(31)30(14-29-23)8-6-18-3-1-2-7-27-18/h1-3,7,9-11,14,19,28H,4-6,8,12-13H2/t19-/m0/s1. The third-order valence-electron chi connectivity index (χ3n) is 5.89. The van der Waals surface area contributed by atoms with Crippen molar-refractivity contribution >= 4 is 21.6 Å². The second kappa shape index (κ2) is 8.88. The Hall–Kier alpha value is -2.97. The molecule has 1 aromatic carbocycles. The van der Waals surface area contributed by atoms with Crippen molar-refractivity contribution in [2.75, 3.05) is 0 Å². The predicted molar refractivity (Wildman–Crippen MR) is 121 cm³/mol. The van der Waals surface area contributed by atoms with Crippen LogP contribution in [0.25, 0.3) is 10.2 Å². The van der Waals surface area contributed by atoms with Gasteiger partial charge in [0.1, 0.15) is 16.5 Å². The first-order valence-corrected chi connectivity index (χ1v) is 11.5. The van der Waals surface area contributed by atoms with Gasteiger partial charge in [-0.2, -0.15) is 0 Å². The maximum absolute atomic E-state index is 13.4. The highest BCUT2D eigenvalue weighted by atomic mass is 32.1. The van der Waals surface area contributed by atoms with Gasteiger partial charge in [0.2, 0.25) is 0 Å². The van der Waals surface area contributed by atoms with Crippen molar-refractivity contribution < 1.29 is 8.78 Å². The van der Waals surface area contributed by atoms with Crippen LogP contribution in [0.2, 0.25) is 0 Å². The molecule has 1 aliphatic carbocycles. The maximum Gasteiger partial charge on any atom is 0.262 e. The van der Waals surface area contributed by atoms with Crippen molar-refractivity contribution in [2.24, 2.45) is 0 Å². The van der Waals surface area contributed by atoms with Crippen LogP contribution in [0.1, 0.15) is 28.1 Å². The number of aryl methyl sites for hydroxylation is 3. The summed E-state index contributed by atoms with van der Waals surface area (Å²) in [4.78, 5) is 24.0. The van der Waals surface area contributed by atoms with Crippen molar-refractivity contribution in [1.29, 1.82) is 0 Å². The van der Waals surface area contributed by atoms with E-state index in [0.717, 1.165) is 46.8 Å². The Bertz CT molecular complexity index is 1300. The Morgan fingerprint density at radius 1 is 1.16 bits per heavy atom. The smallest absolute Gasteiger partial charge is 0.262 e. The number of pyridine rings is 1. The molecule has 1 N–H and O–H groups in total. The van der Waals surface area contributed by atoms with E-state index in [4.69, 9.17) is 0 Å². The summed E-state index contributed by atoms with van der Waals surface area (Å²) in [5, 5.41) is 4.14. The Labute approximate surface area is 187 Å². The van der Waals surface area contributed by atoms with Crippen LogP contribution in [0, 0.1) is 11.6 Å². The van der Waals surface area contributed by atoms with Gasteiger partial charge in [0.25, 0.3) is 5.56 Å². The van der Waals surface area contributed by atoms with Gasteiger partial charge in [0.15, 0.2) is 0 Å². The third kappa shape index (κ3) is 4.33. The van der Waals surface area contributed by atoms with Crippen LogP contribution in [0.15, 0.2) is 53.7 Å². The van der Waals surface area contributed by atoms with Crippen molar-refractivity contribution in [1.82, 2.24) is 19.9 Å². The van der Waals surface area contributed by atoms with Gasteiger partial charge in [-0.25, -0.2) is 13.8 Å². The van der Waals surface area contributed by atoms with Crippen LogP contribution < -0.4 is 10.9 Å². The first-order chi connectivity index (χ1) is 15.6. The Balaban J connectivity index is 1.31. The van der Waals surface area contributed by atoms with Gasteiger partial charge in [0.05, 0.1) is 11.7 Å². The summed E-state index contributed by atoms with van der Waals surface area (Å²) in [6, 6.07) is 9.53. The lowest BCUT2D eigenvalue weighted by atomic mass is 9.93. The molecule has 0 unspecified atom stereocenters. The number of thiophene rings is 1. The van der Waals surface area contributed by atoms with Gasteiger partial charge < -0.3 is 5.32 Å². The number of hydrogen-bond donors (Lipinski definition) is 1. The maximum atomic E-state index is 13.4. The van der Waals surface area contributed by atoms with Gasteiger partial charge in [-0.3, -0.25) is 14.3 Å². The first-order valence-electron chi connectivity index (χ1n) is 10.6. The van der Waals surface area contributed by atoms with E-state index in [0.29, 0.717) is 25.1 Å². The molecule has 8 heteroatoms. The third-order valence-corrected chi connectivity index (χ3v) is 7.05. The average Bonchev–Trinajstić information content (AvgIpc) is 3.16. The van der Waals surface area contributed by atoms with E-state index >= 15 is 0 Å². The Kier molecular flexibility index (Phi) is 5.80. The lowest BCUT2D eigenvalue weighted by molar-refractivity contribution is 0.460. The molecule has 32 heavy (non-hydrogen) atoms. The van der Waals surface area contributed by atoms with Crippen LogP contribution in [-0.2, 0) is 32.4 Å². The molecule has 5 rings (SSSR count). The van der Waals surface area contributed by atoms with Gasteiger partial charge in [-0.1, -0.05) is 6.07 Å². The van der Waals surface area contributed by atoms with Crippen LogP contribution in [0.3, 0.4) is 0 Å². The lowest BCUT2D eigenvalue weighted by Crippen LogP contribution is -2.34. The lowest BCUT2D eigenvalue weighted by Gasteiger charge is -2.23. The number of rotatable bonds is 6. The summed E-state index contributed by atoms with van der Waals surface area (Å²) >= 11 is 1.57. The van der Waals surface area contributed by atoms with Gasteiger partial charge in [-0.05, 0) is 54.7 Å². The van der Waals surface area contributed by atoms with E-state index < -0.39 is 11.6 Å². The fourth-order valence-electron chi connectivity index (χ4n) is 4.29. The number of fused-ring (bicyclic) bond motifs is 3. The van der Waals surface area contributed by atoms with E-state index in [1.165, 1.54) is 17.0 Å². The number of nitrogens with zero attached hydrogens (tertiary/aromatic N) is 3. The van der Waals surface area contributed by atoms with Crippen molar-refractivity contribution in [3.8, 4) is 0 Å². The minimum absolute atomic E-state index is 0.00470. The summed E-state index contributed by atoms with van der Waals surface area (Å²) < 4.78 is 28.5. The Morgan fingerprint density at radius 2 is 2.00 bits per heavy atom. The van der Waals surface area contributed by atoms with E-state index in [1.54, 1.807) is 28.4 Å². The fourth-order valence-corrected chi connectivity index (χ4v) is 5.55. The summed E-state index contributed by atoms with van der Waals surface area (Å²) in [5.74, 6) is -1.13. The minimum atomic E-state index is -0.567. The number of hydrogen-bond acceptors (Lipinski definition) is 5. The average molecular weight is 453 g/mol. The fraction of sp³-hybridized carbons (Fsp3) is 0.292. The molecule has 0 bridgehead atoms. The zero-order valence-corrected chi connectivity index (χ0v) is 18.2. The highest BCUT2D eigenvalue weighted by Gasteiger charge is 2.25. The zero-order chi connectivity index (χ0) is 22.1. The van der Waals surface area contributed by atoms with E-state index in [9.17, 15) is 13.6 Å². The summed E-state index contributed by atoms with van der Waals surface area (Å²) in [5.41, 5.74) is 2.63. The van der Waals surface area contributed by atoms with E-state index in [-0.39, 0.29) is 11.6 Å². The molecule has 5 nitrogen and oxygen atoms in total. The predicted octanol–water partition coefficient (Wildman–Crippen LogP) is 4.02. The monoisotopic (exact) mass is 452 g/mol. The summed E-state index contributed by atoms with van der Waals surface area (Å²) in [7, 11) is 0. The molecule has 3 aromatic heterocycles. The van der Waals surface area contributed by atoms with Gasteiger partial charge in [0, 0.05) is 48.4 Å². The molecular formula is C24H22F2N4OS. The number of nitrogens with one attached hydrogen (secondary N) is 1. The molecule has 1 atom stereocenters. The second-order valence-corrected chi connectivity index (χ2v) is 9.18. The molecule has 164 valence electrons. The van der Waals surface area contributed by atoms with Gasteiger partial charge in [-0.15, -0.1) is 11.3 Å². The largest absolute Gasteiger partial charge is 0.310 e. The Morgan fingerprint density at radius 3 is 2.78 bits per heavy atom. The molecule has 0 saturated carbocycles. The molecule has 4 aromatic rings. The summed E-state index contributed by atoms with van der Waals surface area (Å²) in [6.07, 6.45) is 6.48. The quantitative estimate of drug-likeness (QED) is 0.480. The number of benzene rings is 1. The van der Waals surface area contributed by atoms with Crippen LogP contribution in [-0.4, -0.2) is 20.6 Å². The van der Waals surface area contributed by atoms with Crippen molar-refractivity contribution in [3.05, 3.63) is 92.6 Å². The molecular weight excluding hydrogens is 430 g/mol. The molecule has 3 heterocycles. The first kappa shape index (κ1) is 20.9. The second-order valence-electron chi connectivity index (χ2n) is 8.10. The van der Waals surface area contributed by atoms with Crippen LogP contribution >= 0.6 is 11.3 Å². The molecule has 0 fully saturated rings.